The maximum Gasteiger partial charge on any atom is 0.157 e. The van der Waals surface area contributed by atoms with Crippen molar-refractivity contribution in [2.75, 3.05) is 0 Å². The number of fused-ring (bicyclic) bond motifs is 1. The maximum atomic E-state index is 4.66. The Morgan fingerprint density at radius 2 is 2.05 bits per heavy atom. The standard InChI is InChI=1S/C17H19N3/c1-3-4-7-13-9-10-15(18-11-13)17-19-14-8-5-6-12(2)16(14)20-17/h5-6,8-11H,3-4,7H2,1-2H3,(H,19,20). The van der Waals surface area contributed by atoms with E-state index in [9.17, 15) is 0 Å². The average Bonchev–Trinajstić information content (AvgIpc) is 2.91. The summed E-state index contributed by atoms with van der Waals surface area (Å²) in [7, 11) is 0. The van der Waals surface area contributed by atoms with Gasteiger partial charge in [0.1, 0.15) is 5.69 Å². The fourth-order valence-corrected chi connectivity index (χ4v) is 2.39. The molecular weight excluding hydrogens is 246 g/mol. The van der Waals surface area contributed by atoms with Gasteiger partial charge in [-0.15, -0.1) is 0 Å². The van der Waals surface area contributed by atoms with Crippen molar-refractivity contribution in [2.45, 2.75) is 33.1 Å². The van der Waals surface area contributed by atoms with Gasteiger partial charge in [0.15, 0.2) is 5.82 Å². The van der Waals surface area contributed by atoms with Gasteiger partial charge in [-0.3, -0.25) is 4.98 Å². The predicted molar refractivity (Wildman–Crippen MR) is 82.7 cm³/mol. The van der Waals surface area contributed by atoms with E-state index in [2.05, 4.69) is 53.1 Å². The molecule has 0 amide bonds. The van der Waals surface area contributed by atoms with Gasteiger partial charge in [-0.25, -0.2) is 4.98 Å². The number of nitrogens with one attached hydrogen (secondary N) is 1. The Morgan fingerprint density at radius 3 is 2.75 bits per heavy atom. The van der Waals surface area contributed by atoms with Crippen molar-refractivity contribution in [3.63, 3.8) is 0 Å². The highest BCUT2D eigenvalue weighted by Crippen LogP contribution is 2.21. The third kappa shape index (κ3) is 2.44. The molecule has 0 aliphatic rings. The van der Waals surface area contributed by atoms with Gasteiger partial charge in [0.2, 0.25) is 0 Å². The van der Waals surface area contributed by atoms with Gasteiger partial charge in [0, 0.05) is 6.20 Å². The minimum atomic E-state index is 0.844. The van der Waals surface area contributed by atoms with Crippen molar-refractivity contribution >= 4 is 11.0 Å². The number of aromatic nitrogens is 3. The first-order valence-electron chi connectivity index (χ1n) is 7.18. The SMILES string of the molecule is CCCCc1ccc(-c2nc3c(C)cccc3[nH]2)nc1. The van der Waals surface area contributed by atoms with Gasteiger partial charge < -0.3 is 4.98 Å². The van der Waals surface area contributed by atoms with Crippen molar-refractivity contribution in [3.8, 4) is 11.5 Å². The highest BCUT2D eigenvalue weighted by Gasteiger charge is 2.07. The largest absolute Gasteiger partial charge is 0.337 e. The molecule has 0 aliphatic carbocycles. The summed E-state index contributed by atoms with van der Waals surface area (Å²) in [4.78, 5) is 12.5. The molecule has 1 aromatic carbocycles. The van der Waals surface area contributed by atoms with Gasteiger partial charge >= 0.3 is 0 Å². The van der Waals surface area contributed by atoms with E-state index in [4.69, 9.17) is 0 Å². The first kappa shape index (κ1) is 12.9. The van der Waals surface area contributed by atoms with Crippen LogP contribution >= 0.6 is 0 Å². The number of para-hydroxylation sites is 1. The van der Waals surface area contributed by atoms with Crippen LogP contribution in [-0.4, -0.2) is 15.0 Å². The molecule has 0 saturated carbocycles. The molecule has 0 unspecified atom stereocenters. The number of aromatic amines is 1. The molecule has 3 rings (SSSR count). The third-order valence-corrected chi connectivity index (χ3v) is 3.60. The number of rotatable bonds is 4. The van der Waals surface area contributed by atoms with Crippen molar-refractivity contribution in [1.82, 2.24) is 15.0 Å². The average molecular weight is 265 g/mol. The topological polar surface area (TPSA) is 41.6 Å². The molecule has 1 N–H and O–H groups in total. The third-order valence-electron chi connectivity index (χ3n) is 3.60. The second-order valence-electron chi connectivity index (χ2n) is 5.21. The number of aryl methyl sites for hydroxylation is 2. The second-order valence-corrected chi connectivity index (χ2v) is 5.21. The predicted octanol–water partition coefficient (Wildman–Crippen LogP) is 4.28. The molecule has 0 radical (unpaired) electrons. The number of nitrogens with zero attached hydrogens (tertiary/aromatic N) is 2. The molecule has 3 heteroatoms. The first-order valence-corrected chi connectivity index (χ1v) is 7.18. The van der Waals surface area contributed by atoms with Crippen LogP contribution in [0.2, 0.25) is 0 Å². The molecule has 0 fully saturated rings. The van der Waals surface area contributed by atoms with Crippen LogP contribution in [0.1, 0.15) is 30.9 Å². The zero-order valence-corrected chi connectivity index (χ0v) is 12.0. The molecule has 0 aliphatic heterocycles. The van der Waals surface area contributed by atoms with Gasteiger partial charge in [-0.1, -0.05) is 31.5 Å². The first-order chi connectivity index (χ1) is 9.78. The van der Waals surface area contributed by atoms with E-state index >= 15 is 0 Å². The molecule has 0 spiro atoms. The van der Waals surface area contributed by atoms with Crippen molar-refractivity contribution in [3.05, 3.63) is 47.7 Å². The van der Waals surface area contributed by atoms with Crippen molar-refractivity contribution < 1.29 is 0 Å². The Labute approximate surface area is 119 Å². The molecule has 20 heavy (non-hydrogen) atoms. The minimum Gasteiger partial charge on any atom is -0.337 e. The number of pyridine rings is 1. The van der Waals surface area contributed by atoms with Crippen LogP contribution in [0.5, 0.6) is 0 Å². The summed E-state index contributed by atoms with van der Waals surface area (Å²) in [6, 6.07) is 10.4. The molecular formula is C17H19N3. The quantitative estimate of drug-likeness (QED) is 0.765. The Morgan fingerprint density at radius 1 is 1.15 bits per heavy atom. The summed E-state index contributed by atoms with van der Waals surface area (Å²) >= 11 is 0. The van der Waals surface area contributed by atoms with E-state index in [1.165, 1.54) is 24.0 Å². The molecule has 0 atom stereocenters. The lowest BCUT2D eigenvalue weighted by molar-refractivity contribution is 0.792. The summed E-state index contributed by atoms with van der Waals surface area (Å²) in [5.74, 6) is 0.844. The fourth-order valence-electron chi connectivity index (χ4n) is 2.39. The maximum absolute atomic E-state index is 4.66. The van der Waals surface area contributed by atoms with E-state index in [1.54, 1.807) is 0 Å². The van der Waals surface area contributed by atoms with Gasteiger partial charge in [0.05, 0.1) is 11.0 Å². The molecule has 3 nitrogen and oxygen atoms in total. The van der Waals surface area contributed by atoms with E-state index in [0.29, 0.717) is 0 Å². The number of hydrogen-bond acceptors (Lipinski definition) is 2. The zero-order valence-electron chi connectivity index (χ0n) is 12.0. The van der Waals surface area contributed by atoms with E-state index in [1.807, 2.05) is 12.3 Å². The summed E-state index contributed by atoms with van der Waals surface area (Å²) in [5, 5.41) is 0. The minimum absolute atomic E-state index is 0.844. The number of hydrogen-bond donors (Lipinski definition) is 1. The van der Waals surface area contributed by atoms with Gasteiger partial charge in [0.25, 0.3) is 0 Å². The van der Waals surface area contributed by atoms with Crippen LogP contribution in [0.4, 0.5) is 0 Å². The number of unbranched alkanes of at least 4 members (excludes halogenated alkanes) is 1. The monoisotopic (exact) mass is 265 g/mol. The summed E-state index contributed by atoms with van der Waals surface area (Å²) in [6.45, 7) is 4.28. The molecule has 2 heterocycles. The Bertz CT molecular complexity index is 711. The van der Waals surface area contributed by atoms with Crippen LogP contribution in [0.15, 0.2) is 36.5 Å². The lowest BCUT2D eigenvalue weighted by atomic mass is 10.1. The lowest BCUT2D eigenvalue weighted by Crippen LogP contribution is -1.90. The van der Waals surface area contributed by atoms with Gasteiger partial charge in [-0.05, 0) is 43.0 Å². The smallest absolute Gasteiger partial charge is 0.157 e. The zero-order chi connectivity index (χ0) is 13.9. The Kier molecular flexibility index (Phi) is 3.50. The normalized spacial score (nSPS) is 11.1. The molecule has 0 bridgehead atoms. The van der Waals surface area contributed by atoms with Crippen LogP contribution in [-0.2, 0) is 6.42 Å². The number of imidazole rings is 1. The molecule has 2 aromatic heterocycles. The van der Waals surface area contributed by atoms with E-state index in [-0.39, 0.29) is 0 Å². The van der Waals surface area contributed by atoms with E-state index in [0.717, 1.165) is 29.0 Å². The highest BCUT2D eigenvalue weighted by molar-refractivity contribution is 5.81. The Balaban J connectivity index is 1.92. The second kappa shape index (κ2) is 5.45. The van der Waals surface area contributed by atoms with Crippen LogP contribution in [0.25, 0.3) is 22.6 Å². The Hall–Kier alpha value is -2.16. The number of H-pyrrole nitrogens is 1. The van der Waals surface area contributed by atoms with Crippen LogP contribution < -0.4 is 0 Å². The van der Waals surface area contributed by atoms with Gasteiger partial charge in [-0.2, -0.15) is 0 Å². The molecule has 3 aromatic rings. The highest BCUT2D eigenvalue weighted by atomic mass is 14.9. The lowest BCUT2D eigenvalue weighted by Gasteiger charge is -2.00. The molecule has 102 valence electrons. The van der Waals surface area contributed by atoms with Crippen molar-refractivity contribution in [2.24, 2.45) is 0 Å². The van der Waals surface area contributed by atoms with Crippen LogP contribution in [0.3, 0.4) is 0 Å². The van der Waals surface area contributed by atoms with Crippen molar-refractivity contribution in [1.29, 1.82) is 0 Å². The summed E-state index contributed by atoms with van der Waals surface area (Å²) in [6.07, 6.45) is 5.49. The number of benzene rings is 1. The van der Waals surface area contributed by atoms with E-state index < -0.39 is 0 Å². The summed E-state index contributed by atoms with van der Waals surface area (Å²) in [5.41, 5.74) is 5.48. The molecule has 0 saturated heterocycles. The fraction of sp³-hybridized carbons (Fsp3) is 0.294. The van der Waals surface area contributed by atoms with Crippen LogP contribution in [0, 0.1) is 6.92 Å². The summed E-state index contributed by atoms with van der Waals surface area (Å²) < 4.78 is 0.